The molecule has 1 fully saturated rings. The van der Waals surface area contributed by atoms with Crippen LogP contribution in [0.4, 0.5) is 0 Å². The highest BCUT2D eigenvalue weighted by atomic mass is 16.6. The van der Waals surface area contributed by atoms with Crippen molar-refractivity contribution in [1.29, 1.82) is 0 Å². The maximum absolute atomic E-state index is 12.9. The molecule has 0 atom stereocenters. The zero-order valence-corrected chi connectivity index (χ0v) is 13.8. The lowest BCUT2D eigenvalue weighted by Crippen LogP contribution is -2.43. The fourth-order valence-corrected chi connectivity index (χ4v) is 3.60. The van der Waals surface area contributed by atoms with Gasteiger partial charge in [0.25, 0.3) is 0 Å². The maximum atomic E-state index is 12.9. The number of hydrogen-bond donors (Lipinski definition) is 2. The van der Waals surface area contributed by atoms with E-state index in [9.17, 15) is 9.59 Å². The van der Waals surface area contributed by atoms with Crippen molar-refractivity contribution in [2.75, 3.05) is 19.8 Å². The molecule has 6 heteroatoms. The third kappa shape index (κ3) is 3.32. The van der Waals surface area contributed by atoms with Crippen LogP contribution in [0.1, 0.15) is 44.1 Å². The summed E-state index contributed by atoms with van der Waals surface area (Å²) >= 11 is 0. The molecule has 1 heterocycles. The van der Waals surface area contributed by atoms with Crippen molar-refractivity contribution in [3.8, 4) is 11.5 Å². The van der Waals surface area contributed by atoms with Crippen molar-refractivity contribution < 1.29 is 19.1 Å². The Morgan fingerprint density at radius 1 is 1.12 bits per heavy atom. The molecule has 0 unspecified atom stereocenters. The van der Waals surface area contributed by atoms with Gasteiger partial charge in [0.15, 0.2) is 11.5 Å². The van der Waals surface area contributed by atoms with Gasteiger partial charge in [-0.05, 0) is 37.0 Å². The molecular formula is C18H24N2O4. The van der Waals surface area contributed by atoms with Crippen molar-refractivity contribution in [3.05, 3.63) is 23.8 Å². The van der Waals surface area contributed by atoms with Crippen LogP contribution < -0.4 is 20.5 Å². The van der Waals surface area contributed by atoms with Gasteiger partial charge in [-0.3, -0.25) is 9.59 Å². The van der Waals surface area contributed by atoms with Gasteiger partial charge >= 0.3 is 0 Å². The van der Waals surface area contributed by atoms with E-state index in [1.807, 2.05) is 18.2 Å². The third-order valence-corrected chi connectivity index (χ3v) is 4.87. The summed E-state index contributed by atoms with van der Waals surface area (Å²) in [7, 11) is 0. The SMILES string of the molecule is NC(=O)CCCNC(=O)C1(c2ccc3c(c2)OCCO3)CCCC1. The molecule has 1 aliphatic carbocycles. The molecule has 0 aromatic heterocycles. The minimum atomic E-state index is -0.511. The maximum Gasteiger partial charge on any atom is 0.230 e. The first kappa shape index (κ1) is 16.6. The number of hydrogen-bond acceptors (Lipinski definition) is 4. The average Bonchev–Trinajstić information content (AvgIpc) is 3.09. The van der Waals surface area contributed by atoms with E-state index in [2.05, 4.69) is 5.32 Å². The van der Waals surface area contributed by atoms with Gasteiger partial charge in [0.2, 0.25) is 11.8 Å². The van der Waals surface area contributed by atoms with Crippen LogP contribution in [-0.2, 0) is 15.0 Å². The number of primary amides is 1. The van der Waals surface area contributed by atoms with E-state index in [1.54, 1.807) is 0 Å². The Hall–Kier alpha value is -2.24. The molecule has 1 aliphatic heterocycles. The molecular weight excluding hydrogens is 308 g/mol. The molecule has 0 radical (unpaired) electrons. The first-order valence-electron chi connectivity index (χ1n) is 8.58. The molecule has 1 saturated carbocycles. The molecule has 2 aliphatic rings. The number of fused-ring (bicyclic) bond motifs is 1. The summed E-state index contributed by atoms with van der Waals surface area (Å²) < 4.78 is 11.2. The lowest BCUT2D eigenvalue weighted by Gasteiger charge is -2.30. The van der Waals surface area contributed by atoms with E-state index in [0.717, 1.165) is 37.0 Å². The van der Waals surface area contributed by atoms with E-state index >= 15 is 0 Å². The minimum absolute atomic E-state index is 0.0288. The highest BCUT2D eigenvalue weighted by Gasteiger charge is 2.43. The van der Waals surface area contributed by atoms with E-state index in [-0.39, 0.29) is 18.2 Å². The number of carbonyl (C=O) groups excluding carboxylic acids is 2. The second-order valence-electron chi connectivity index (χ2n) is 6.47. The minimum Gasteiger partial charge on any atom is -0.486 e. The van der Waals surface area contributed by atoms with Crippen molar-refractivity contribution in [2.24, 2.45) is 5.73 Å². The average molecular weight is 332 g/mol. The number of nitrogens with one attached hydrogen (secondary N) is 1. The van der Waals surface area contributed by atoms with Gasteiger partial charge in [0.1, 0.15) is 13.2 Å². The predicted octanol–water partition coefficient (Wildman–Crippen LogP) is 1.65. The molecule has 1 aromatic carbocycles. The zero-order chi connectivity index (χ0) is 17.0. The molecule has 0 saturated heterocycles. The zero-order valence-electron chi connectivity index (χ0n) is 13.8. The summed E-state index contributed by atoms with van der Waals surface area (Å²) in [5.74, 6) is 1.14. The van der Waals surface area contributed by atoms with Crippen molar-refractivity contribution in [3.63, 3.8) is 0 Å². The Morgan fingerprint density at radius 2 is 1.83 bits per heavy atom. The van der Waals surface area contributed by atoms with Gasteiger partial charge in [0, 0.05) is 13.0 Å². The number of benzene rings is 1. The van der Waals surface area contributed by atoms with Gasteiger partial charge in [-0.2, -0.15) is 0 Å². The van der Waals surface area contributed by atoms with Gasteiger partial charge < -0.3 is 20.5 Å². The smallest absolute Gasteiger partial charge is 0.230 e. The topological polar surface area (TPSA) is 90.7 Å². The van der Waals surface area contributed by atoms with Crippen LogP contribution in [0.25, 0.3) is 0 Å². The number of nitrogens with two attached hydrogens (primary N) is 1. The summed E-state index contributed by atoms with van der Waals surface area (Å²) in [5.41, 5.74) is 5.61. The van der Waals surface area contributed by atoms with Gasteiger partial charge in [-0.1, -0.05) is 18.9 Å². The molecule has 0 bridgehead atoms. The first-order chi connectivity index (χ1) is 11.6. The quantitative estimate of drug-likeness (QED) is 0.775. The first-order valence-corrected chi connectivity index (χ1v) is 8.58. The van der Waals surface area contributed by atoms with Crippen LogP contribution in [0.15, 0.2) is 18.2 Å². The Morgan fingerprint density at radius 3 is 2.54 bits per heavy atom. The van der Waals surface area contributed by atoms with Crippen LogP contribution in [0, 0.1) is 0 Å². The summed E-state index contributed by atoms with van der Waals surface area (Å²) in [6, 6.07) is 5.81. The largest absolute Gasteiger partial charge is 0.486 e. The highest BCUT2D eigenvalue weighted by Crippen LogP contribution is 2.44. The number of carbonyl (C=O) groups is 2. The fourth-order valence-electron chi connectivity index (χ4n) is 3.60. The van der Waals surface area contributed by atoms with Crippen LogP contribution in [-0.4, -0.2) is 31.6 Å². The molecule has 3 N–H and O–H groups in total. The van der Waals surface area contributed by atoms with Crippen LogP contribution in [0.5, 0.6) is 11.5 Å². The number of ether oxygens (including phenoxy) is 2. The normalized spacial score (nSPS) is 18.2. The third-order valence-electron chi connectivity index (χ3n) is 4.87. The standard InChI is InChI=1S/C18H24N2O4/c19-16(21)4-3-9-20-17(22)18(7-1-2-8-18)13-5-6-14-15(12-13)24-11-10-23-14/h5-6,12H,1-4,7-11H2,(H2,19,21)(H,20,22). The Labute approximate surface area is 141 Å². The second-order valence-corrected chi connectivity index (χ2v) is 6.47. The molecule has 3 rings (SSSR count). The molecule has 6 nitrogen and oxygen atoms in total. The monoisotopic (exact) mass is 332 g/mol. The Kier molecular flexibility index (Phi) is 4.92. The number of rotatable bonds is 6. The molecule has 24 heavy (non-hydrogen) atoms. The fraction of sp³-hybridized carbons (Fsp3) is 0.556. The van der Waals surface area contributed by atoms with Gasteiger partial charge in [0.05, 0.1) is 5.41 Å². The summed E-state index contributed by atoms with van der Waals surface area (Å²) in [6.45, 7) is 1.55. The van der Waals surface area contributed by atoms with Crippen LogP contribution in [0.3, 0.4) is 0 Å². The lowest BCUT2D eigenvalue weighted by molar-refractivity contribution is -0.127. The van der Waals surface area contributed by atoms with Crippen molar-refractivity contribution in [2.45, 2.75) is 43.9 Å². The Balaban J connectivity index is 1.75. The van der Waals surface area contributed by atoms with Crippen LogP contribution in [0.2, 0.25) is 0 Å². The predicted molar refractivity (Wildman–Crippen MR) is 89.0 cm³/mol. The number of amides is 2. The summed E-state index contributed by atoms with van der Waals surface area (Å²) in [6.07, 6.45) is 4.57. The van der Waals surface area contributed by atoms with Crippen molar-refractivity contribution >= 4 is 11.8 Å². The van der Waals surface area contributed by atoms with Gasteiger partial charge in [-0.25, -0.2) is 0 Å². The van der Waals surface area contributed by atoms with E-state index in [0.29, 0.717) is 31.9 Å². The molecule has 1 aromatic rings. The molecule has 0 spiro atoms. The summed E-state index contributed by atoms with van der Waals surface area (Å²) in [4.78, 5) is 23.7. The summed E-state index contributed by atoms with van der Waals surface area (Å²) in [5, 5.41) is 2.98. The van der Waals surface area contributed by atoms with E-state index in [1.165, 1.54) is 0 Å². The van der Waals surface area contributed by atoms with Gasteiger partial charge in [-0.15, -0.1) is 0 Å². The van der Waals surface area contributed by atoms with E-state index < -0.39 is 5.41 Å². The van der Waals surface area contributed by atoms with Crippen LogP contribution >= 0.6 is 0 Å². The molecule has 130 valence electrons. The van der Waals surface area contributed by atoms with E-state index in [4.69, 9.17) is 15.2 Å². The Bertz CT molecular complexity index is 623. The lowest BCUT2D eigenvalue weighted by atomic mass is 9.77. The second kappa shape index (κ2) is 7.11. The molecule has 2 amide bonds. The highest BCUT2D eigenvalue weighted by molar-refractivity contribution is 5.89. The van der Waals surface area contributed by atoms with Crippen molar-refractivity contribution in [1.82, 2.24) is 5.32 Å².